The molecular formula is C16H18ClN3O2. The Morgan fingerprint density at radius 2 is 2.23 bits per heavy atom. The van der Waals surface area contributed by atoms with Gasteiger partial charge >= 0.3 is 0 Å². The zero-order valence-electron chi connectivity index (χ0n) is 12.4. The van der Waals surface area contributed by atoms with E-state index in [1.54, 1.807) is 23.3 Å². The van der Waals surface area contributed by atoms with Crippen molar-refractivity contribution in [2.45, 2.75) is 18.9 Å². The standard InChI is InChI=1S/C16H18ClN3O2/c1-20(14-6-7-18-9-14)15(21)8-13-10-22-16(19-13)11-2-4-12(17)5-3-11/h2-5,10,14,18H,6-9H2,1H3. The third kappa shape index (κ3) is 3.31. The summed E-state index contributed by atoms with van der Waals surface area (Å²) in [5.41, 5.74) is 1.49. The second-order valence-corrected chi connectivity index (χ2v) is 5.92. The lowest BCUT2D eigenvalue weighted by molar-refractivity contribution is -0.130. The first-order valence-corrected chi connectivity index (χ1v) is 7.68. The number of nitrogens with one attached hydrogen (secondary N) is 1. The molecule has 0 radical (unpaired) electrons. The van der Waals surface area contributed by atoms with Gasteiger partial charge in [0.05, 0.1) is 12.1 Å². The molecule has 0 saturated carbocycles. The van der Waals surface area contributed by atoms with E-state index in [1.807, 2.05) is 19.2 Å². The number of aromatic nitrogens is 1. The van der Waals surface area contributed by atoms with Gasteiger partial charge in [0.2, 0.25) is 11.8 Å². The minimum atomic E-state index is 0.0599. The smallest absolute Gasteiger partial charge is 0.228 e. The number of hydrogen-bond acceptors (Lipinski definition) is 4. The number of amides is 1. The number of hydrogen-bond donors (Lipinski definition) is 1. The van der Waals surface area contributed by atoms with E-state index in [1.165, 1.54) is 0 Å². The Bertz CT molecular complexity index is 648. The predicted octanol–water partition coefficient (Wildman–Crippen LogP) is 2.36. The van der Waals surface area contributed by atoms with Crippen molar-refractivity contribution in [3.05, 3.63) is 41.2 Å². The Morgan fingerprint density at radius 1 is 1.45 bits per heavy atom. The van der Waals surface area contributed by atoms with Crippen LogP contribution in [-0.4, -0.2) is 42.0 Å². The summed E-state index contributed by atoms with van der Waals surface area (Å²) in [6, 6.07) is 7.53. The molecule has 0 spiro atoms. The molecule has 1 fully saturated rings. The number of benzene rings is 1. The van der Waals surface area contributed by atoms with Gasteiger partial charge in [-0.05, 0) is 37.2 Å². The van der Waals surface area contributed by atoms with Crippen LogP contribution in [0.3, 0.4) is 0 Å². The van der Waals surface area contributed by atoms with Gasteiger partial charge < -0.3 is 14.6 Å². The van der Waals surface area contributed by atoms with Gasteiger partial charge in [-0.3, -0.25) is 4.79 Å². The maximum Gasteiger partial charge on any atom is 0.228 e. The normalized spacial score (nSPS) is 17.6. The molecule has 116 valence electrons. The van der Waals surface area contributed by atoms with Crippen LogP contribution >= 0.6 is 11.6 Å². The van der Waals surface area contributed by atoms with Gasteiger partial charge in [0.1, 0.15) is 6.26 Å². The van der Waals surface area contributed by atoms with E-state index in [2.05, 4.69) is 10.3 Å². The second-order valence-electron chi connectivity index (χ2n) is 5.48. The zero-order valence-corrected chi connectivity index (χ0v) is 13.1. The Labute approximate surface area is 134 Å². The molecule has 1 unspecified atom stereocenters. The highest BCUT2D eigenvalue weighted by Crippen LogP contribution is 2.21. The number of nitrogens with zero attached hydrogens (tertiary/aromatic N) is 2. The number of halogens is 1. The summed E-state index contributed by atoms with van der Waals surface area (Å²) in [6.45, 7) is 1.82. The lowest BCUT2D eigenvalue weighted by atomic mass is 10.2. The van der Waals surface area contributed by atoms with E-state index < -0.39 is 0 Å². The van der Waals surface area contributed by atoms with Gasteiger partial charge in [-0.25, -0.2) is 4.98 Å². The summed E-state index contributed by atoms with van der Waals surface area (Å²) < 4.78 is 5.46. The van der Waals surface area contributed by atoms with Crippen LogP contribution in [0.2, 0.25) is 5.02 Å². The monoisotopic (exact) mass is 319 g/mol. The van der Waals surface area contributed by atoms with Crippen LogP contribution < -0.4 is 5.32 Å². The van der Waals surface area contributed by atoms with Crippen molar-refractivity contribution >= 4 is 17.5 Å². The molecule has 1 N–H and O–H groups in total. The predicted molar refractivity (Wildman–Crippen MR) is 84.7 cm³/mol. The summed E-state index contributed by atoms with van der Waals surface area (Å²) in [5.74, 6) is 0.564. The van der Waals surface area contributed by atoms with Crippen molar-refractivity contribution in [2.75, 3.05) is 20.1 Å². The van der Waals surface area contributed by atoms with Crippen LogP contribution in [0, 0.1) is 0 Å². The zero-order chi connectivity index (χ0) is 15.5. The third-order valence-electron chi connectivity index (χ3n) is 3.95. The Morgan fingerprint density at radius 3 is 2.91 bits per heavy atom. The van der Waals surface area contributed by atoms with Gasteiger partial charge in [0.15, 0.2) is 0 Å². The molecule has 5 nitrogen and oxygen atoms in total. The lowest BCUT2D eigenvalue weighted by Crippen LogP contribution is -2.39. The van der Waals surface area contributed by atoms with E-state index in [0.29, 0.717) is 16.6 Å². The third-order valence-corrected chi connectivity index (χ3v) is 4.20. The Balaban J connectivity index is 1.66. The van der Waals surface area contributed by atoms with Crippen LogP contribution in [0.1, 0.15) is 12.1 Å². The first kappa shape index (κ1) is 15.1. The molecule has 0 bridgehead atoms. The SMILES string of the molecule is CN(C(=O)Cc1coc(-c2ccc(Cl)cc2)n1)C1CCNC1. The summed E-state index contributed by atoms with van der Waals surface area (Å²) in [5, 5.41) is 3.93. The highest BCUT2D eigenvalue weighted by molar-refractivity contribution is 6.30. The molecular weight excluding hydrogens is 302 g/mol. The quantitative estimate of drug-likeness (QED) is 0.940. The minimum Gasteiger partial charge on any atom is -0.444 e. The van der Waals surface area contributed by atoms with Crippen molar-refractivity contribution in [3.8, 4) is 11.5 Å². The fraction of sp³-hybridized carbons (Fsp3) is 0.375. The largest absolute Gasteiger partial charge is 0.444 e. The first-order chi connectivity index (χ1) is 10.6. The van der Waals surface area contributed by atoms with Gasteiger partial charge in [-0.15, -0.1) is 0 Å². The van der Waals surface area contributed by atoms with Crippen molar-refractivity contribution < 1.29 is 9.21 Å². The molecule has 1 aromatic heterocycles. The minimum absolute atomic E-state index is 0.0599. The number of carbonyl (C=O) groups is 1. The Kier molecular flexibility index (Phi) is 4.45. The number of likely N-dealkylation sites (N-methyl/N-ethyl adjacent to an activating group) is 1. The van der Waals surface area contributed by atoms with Gasteiger partial charge in [-0.2, -0.15) is 0 Å². The van der Waals surface area contributed by atoms with Gasteiger partial charge in [0.25, 0.3) is 0 Å². The molecule has 3 rings (SSSR count). The first-order valence-electron chi connectivity index (χ1n) is 7.30. The Hall–Kier alpha value is -1.85. The molecule has 6 heteroatoms. The number of rotatable bonds is 4. The van der Waals surface area contributed by atoms with Crippen molar-refractivity contribution in [2.24, 2.45) is 0 Å². The van der Waals surface area contributed by atoms with Crippen molar-refractivity contribution in [3.63, 3.8) is 0 Å². The lowest BCUT2D eigenvalue weighted by Gasteiger charge is -2.23. The molecule has 1 saturated heterocycles. The van der Waals surface area contributed by atoms with Crippen LogP contribution in [0.5, 0.6) is 0 Å². The average molecular weight is 320 g/mol. The van der Waals surface area contributed by atoms with E-state index >= 15 is 0 Å². The molecule has 1 aromatic carbocycles. The van der Waals surface area contributed by atoms with E-state index in [-0.39, 0.29) is 18.4 Å². The second kappa shape index (κ2) is 6.50. The molecule has 2 heterocycles. The molecule has 2 aromatic rings. The van der Waals surface area contributed by atoms with Crippen molar-refractivity contribution in [1.82, 2.24) is 15.2 Å². The highest BCUT2D eigenvalue weighted by atomic mass is 35.5. The number of oxazole rings is 1. The maximum atomic E-state index is 12.3. The van der Waals surface area contributed by atoms with E-state index in [9.17, 15) is 4.79 Å². The summed E-state index contributed by atoms with van der Waals surface area (Å²) in [7, 11) is 1.85. The fourth-order valence-corrected chi connectivity index (χ4v) is 2.69. The molecule has 0 aliphatic carbocycles. The topological polar surface area (TPSA) is 58.4 Å². The van der Waals surface area contributed by atoms with E-state index in [4.69, 9.17) is 16.0 Å². The van der Waals surface area contributed by atoms with Gasteiger partial charge in [-0.1, -0.05) is 11.6 Å². The summed E-state index contributed by atoms with van der Waals surface area (Å²) in [6.07, 6.45) is 2.80. The summed E-state index contributed by atoms with van der Waals surface area (Å²) >= 11 is 5.86. The molecule has 22 heavy (non-hydrogen) atoms. The van der Waals surface area contributed by atoms with Crippen LogP contribution in [0.25, 0.3) is 11.5 Å². The average Bonchev–Trinajstić information content (AvgIpc) is 3.18. The van der Waals surface area contributed by atoms with Crippen molar-refractivity contribution in [1.29, 1.82) is 0 Å². The molecule has 1 amide bonds. The molecule has 1 aliphatic rings. The van der Waals surface area contributed by atoms with Gasteiger partial charge in [0, 0.05) is 30.2 Å². The molecule has 1 aliphatic heterocycles. The van der Waals surface area contributed by atoms with E-state index in [0.717, 1.165) is 25.1 Å². The fourth-order valence-electron chi connectivity index (χ4n) is 2.57. The number of carbonyl (C=O) groups excluding carboxylic acids is 1. The maximum absolute atomic E-state index is 12.3. The highest BCUT2D eigenvalue weighted by Gasteiger charge is 2.23. The summed E-state index contributed by atoms with van der Waals surface area (Å²) in [4.78, 5) is 18.5. The molecule has 1 atom stereocenters. The van der Waals surface area contributed by atoms with Crippen LogP contribution in [0.15, 0.2) is 34.9 Å². The van der Waals surface area contributed by atoms with Crippen LogP contribution in [0.4, 0.5) is 0 Å². The van der Waals surface area contributed by atoms with Crippen LogP contribution in [-0.2, 0) is 11.2 Å².